The van der Waals surface area contributed by atoms with E-state index >= 15 is 0 Å². The third-order valence-electron chi connectivity index (χ3n) is 2.40. The maximum atomic E-state index is 5.62. The van der Waals surface area contributed by atoms with Crippen LogP contribution in [0.4, 0.5) is 0 Å². The molecule has 0 radical (unpaired) electrons. The van der Waals surface area contributed by atoms with E-state index in [-0.39, 0.29) is 6.04 Å². The number of nitrogens with zero attached hydrogens (tertiary/aromatic N) is 1. The van der Waals surface area contributed by atoms with Gasteiger partial charge in [-0.05, 0) is 55.6 Å². The van der Waals surface area contributed by atoms with E-state index in [4.69, 9.17) is 5.84 Å². The maximum absolute atomic E-state index is 5.62. The van der Waals surface area contributed by atoms with Crippen LogP contribution in [-0.2, 0) is 6.42 Å². The summed E-state index contributed by atoms with van der Waals surface area (Å²) in [4.78, 5) is 4.31. The molecule has 3 N–H and O–H groups in total. The van der Waals surface area contributed by atoms with Gasteiger partial charge in [0.05, 0.1) is 13.6 Å². The van der Waals surface area contributed by atoms with Crippen LogP contribution in [0.1, 0.15) is 17.3 Å². The Bertz CT molecular complexity index is 487. The van der Waals surface area contributed by atoms with Gasteiger partial charge in [-0.15, -0.1) is 11.3 Å². The Hall–Kier alpha value is -0.270. The smallest absolute Gasteiger partial charge is 0.0758 e. The molecule has 0 fully saturated rings. The van der Waals surface area contributed by atoms with Gasteiger partial charge >= 0.3 is 0 Å². The molecule has 0 aliphatic heterocycles. The largest absolute Gasteiger partial charge is 0.271 e. The molecule has 0 aliphatic rings. The molecular formula is C11H11Br2N3S. The first kappa shape index (κ1) is 13.2. The minimum atomic E-state index is 0.0572. The van der Waals surface area contributed by atoms with Gasteiger partial charge < -0.3 is 0 Å². The Morgan fingerprint density at radius 2 is 2.24 bits per heavy atom. The summed E-state index contributed by atoms with van der Waals surface area (Å²) in [5.74, 6) is 5.62. The topological polar surface area (TPSA) is 50.9 Å². The minimum Gasteiger partial charge on any atom is -0.271 e. The summed E-state index contributed by atoms with van der Waals surface area (Å²) >= 11 is 8.66. The van der Waals surface area contributed by atoms with Crippen molar-refractivity contribution < 1.29 is 0 Å². The quantitative estimate of drug-likeness (QED) is 0.634. The molecule has 6 heteroatoms. The fourth-order valence-electron chi connectivity index (χ4n) is 1.58. The molecule has 90 valence electrons. The van der Waals surface area contributed by atoms with Gasteiger partial charge in [0, 0.05) is 18.3 Å². The van der Waals surface area contributed by atoms with Gasteiger partial charge in [0.25, 0.3) is 0 Å². The zero-order valence-corrected chi connectivity index (χ0v) is 12.8. The SMILES string of the molecule is NNC(Cc1ccccn1)c1cc(Br)sc1Br. The highest BCUT2D eigenvalue weighted by Gasteiger charge is 2.16. The molecule has 2 heterocycles. The van der Waals surface area contributed by atoms with Gasteiger partial charge in [-0.1, -0.05) is 6.07 Å². The number of hydrogen-bond acceptors (Lipinski definition) is 4. The molecule has 0 bridgehead atoms. The second-order valence-electron chi connectivity index (χ2n) is 3.52. The monoisotopic (exact) mass is 375 g/mol. The van der Waals surface area contributed by atoms with Crippen LogP contribution in [0.25, 0.3) is 0 Å². The molecule has 0 aliphatic carbocycles. The van der Waals surface area contributed by atoms with E-state index in [0.29, 0.717) is 0 Å². The molecule has 0 aromatic carbocycles. The predicted octanol–water partition coefficient (Wildman–Crippen LogP) is 3.42. The third kappa shape index (κ3) is 3.35. The lowest BCUT2D eigenvalue weighted by molar-refractivity contribution is 0.546. The van der Waals surface area contributed by atoms with Gasteiger partial charge in [-0.25, -0.2) is 0 Å². The highest BCUT2D eigenvalue weighted by Crippen LogP contribution is 2.36. The van der Waals surface area contributed by atoms with Crippen molar-refractivity contribution in [3.05, 3.63) is 49.3 Å². The van der Waals surface area contributed by atoms with E-state index in [2.05, 4.69) is 48.3 Å². The molecule has 2 aromatic heterocycles. The first-order valence-corrected chi connectivity index (χ1v) is 7.41. The summed E-state index contributed by atoms with van der Waals surface area (Å²) < 4.78 is 2.17. The van der Waals surface area contributed by atoms with Crippen molar-refractivity contribution in [1.82, 2.24) is 10.4 Å². The average molecular weight is 377 g/mol. The van der Waals surface area contributed by atoms with E-state index in [0.717, 1.165) is 25.3 Å². The second-order valence-corrected chi connectivity index (χ2v) is 7.27. The van der Waals surface area contributed by atoms with Crippen molar-refractivity contribution >= 4 is 43.2 Å². The molecule has 3 nitrogen and oxygen atoms in total. The van der Waals surface area contributed by atoms with Crippen molar-refractivity contribution in [2.24, 2.45) is 5.84 Å². The highest BCUT2D eigenvalue weighted by atomic mass is 79.9. The van der Waals surface area contributed by atoms with Gasteiger partial charge in [-0.2, -0.15) is 0 Å². The van der Waals surface area contributed by atoms with Crippen molar-refractivity contribution in [1.29, 1.82) is 0 Å². The summed E-state index contributed by atoms with van der Waals surface area (Å²) in [5, 5.41) is 0. The zero-order chi connectivity index (χ0) is 12.3. The summed E-state index contributed by atoms with van der Waals surface area (Å²) in [5.41, 5.74) is 5.00. The molecule has 17 heavy (non-hydrogen) atoms. The number of aromatic nitrogens is 1. The Balaban J connectivity index is 2.20. The molecule has 1 atom stereocenters. The molecular weight excluding hydrogens is 366 g/mol. The number of pyridine rings is 1. The van der Waals surface area contributed by atoms with E-state index in [1.54, 1.807) is 17.5 Å². The number of hydrogen-bond donors (Lipinski definition) is 2. The molecule has 2 aromatic rings. The predicted molar refractivity (Wildman–Crippen MR) is 77.7 cm³/mol. The molecule has 2 rings (SSSR count). The lowest BCUT2D eigenvalue weighted by Gasteiger charge is -2.14. The van der Waals surface area contributed by atoms with Crippen LogP contribution < -0.4 is 11.3 Å². The third-order valence-corrected chi connectivity index (χ3v) is 4.78. The lowest BCUT2D eigenvalue weighted by atomic mass is 10.1. The number of thiophene rings is 1. The summed E-state index contributed by atoms with van der Waals surface area (Å²) in [6.07, 6.45) is 2.56. The summed E-state index contributed by atoms with van der Waals surface area (Å²) in [6.45, 7) is 0. The number of nitrogens with two attached hydrogens (primary N) is 1. The normalized spacial score (nSPS) is 12.6. The number of rotatable bonds is 4. The Kier molecular flexibility index (Phi) is 4.69. The van der Waals surface area contributed by atoms with E-state index < -0.39 is 0 Å². The number of halogens is 2. The zero-order valence-electron chi connectivity index (χ0n) is 8.86. The van der Waals surface area contributed by atoms with Gasteiger partial charge in [0.1, 0.15) is 0 Å². The standard InChI is InChI=1S/C11H11Br2N3S/c12-10-6-8(11(13)17-10)9(16-14)5-7-3-1-2-4-15-7/h1-4,6,9,16H,5,14H2. The van der Waals surface area contributed by atoms with Crippen molar-refractivity contribution in [2.75, 3.05) is 0 Å². The molecule has 0 saturated carbocycles. The van der Waals surface area contributed by atoms with Crippen LogP contribution in [-0.4, -0.2) is 4.98 Å². The van der Waals surface area contributed by atoms with Crippen molar-refractivity contribution in [3.63, 3.8) is 0 Å². The van der Waals surface area contributed by atoms with Crippen LogP contribution in [0.2, 0.25) is 0 Å². The fourth-order valence-corrected chi connectivity index (χ4v) is 4.55. The highest BCUT2D eigenvalue weighted by molar-refractivity contribution is 9.12. The average Bonchev–Trinajstić information content (AvgIpc) is 2.67. The second kappa shape index (κ2) is 6.06. The van der Waals surface area contributed by atoms with Crippen LogP contribution in [0.15, 0.2) is 38.0 Å². The lowest BCUT2D eigenvalue weighted by Crippen LogP contribution is -2.29. The Morgan fingerprint density at radius 1 is 1.41 bits per heavy atom. The molecule has 0 saturated heterocycles. The Labute approximate surface area is 121 Å². The van der Waals surface area contributed by atoms with Crippen LogP contribution >= 0.6 is 43.2 Å². The first-order chi connectivity index (χ1) is 8.20. The maximum Gasteiger partial charge on any atom is 0.0758 e. The summed E-state index contributed by atoms with van der Waals surface area (Å²) in [6, 6.07) is 8.02. The molecule has 0 amide bonds. The van der Waals surface area contributed by atoms with E-state index in [1.165, 1.54) is 0 Å². The van der Waals surface area contributed by atoms with Crippen molar-refractivity contribution in [2.45, 2.75) is 12.5 Å². The van der Waals surface area contributed by atoms with Crippen LogP contribution in [0.5, 0.6) is 0 Å². The number of nitrogens with one attached hydrogen (secondary N) is 1. The minimum absolute atomic E-state index is 0.0572. The van der Waals surface area contributed by atoms with Gasteiger partial charge in [0.2, 0.25) is 0 Å². The van der Waals surface area contributed by atoms with Gasteiger partial charge in [0.15, 0.2) is 0 Å². The fraction of sp³-hybridized carbons (Fsp3) is 0.182. The molecule has 1 unspecified atom stereocenters. The van der Waals surface area contributed by atoms with Crippen LogP contribution in [0, 0.1) is 0 Å². The van der Waals surface area contributed by atoms with E-state index in [9.17, 15) is 0 Å². The first-order valence-electron chi connectivity index (χ1n) is 5.01. The molecule has 0 spiro atoms. The van der Waals surface area contributed by atoms with Crippen LogP contribution in [0.3, 0.4) is 0 Å². The van der Waals surface area contributed by atoms with Gasteiger partial charge in [-0.3, -0.25) is 16.3 Å². The summed E-state index contributed by atoms with van der Waals surface area (Å²) in [7, 11) is 0. The van der Waals surface area contributed by atoms with Crippen molar-refractivity contribution in [3.8, 4) is 0 Å². The number of hydrazine groups is 1. The van der Waals surface area contributed by atoms with E-state index in [1.807, 2.05) is 18.2 Å². The Morgan fingerprint density at radius 3 is 2.76 bits per heavy atom.